The first-order chi connectivity index (χ1) is 15.5. The quantitative estimate of drug-likeness (QED) is 0.553. The van der Waals surface area contributed by atoms with Crippen molar-refractivity contribution in [2.75, 3.05) is 6.54 Å². The normalized spacial score (nSPS) is 15.2. The highest BCUT2D eigenvalue weighted by Gasteiger charge is 2.38. The lowest BCUT2D eigenvalue weighted by Gasteiger charge is -2.29. The van der Waals surface area contributed by atoms with Gasteiger partial charge in [0.25, 0.3) is 5.91 Å². The standard InChI is InChI=1S/C25H24F2N2O4/c1-13(2)33-24(32)17-11-29(23(31)14-5-7-18(26)19(27)9-14)12-25(3,4)21-16-10-15(30)6-8-20(16)28-22(17)21/h5-11,13,28,30H,12H2,1-4H3. The fourth-order valence-corrected chi connectivity index (χ4v) is 4.21. The van der Waals surface area contributed by atoms with E-state index in [1.807, 2.05) is 13.8 Å². The van der Waals surface area contributed by atoms with E-state index in [4.69, 9.17) is 4.74 Å². The van der Waals surface area contributed by atoms with Crippen LogP contribution in [0.4, 0.5) is 8.78 Å². The predicted molar refractivity (Wildman–Crippen MR) is 120 cm³/mol. The zero-order valence-electron chi connectivity index (χ0n) is 18.7. The van der Waals surface area contributed by atoms with Gasteiger partial charge in [0.2, 0.25) is 0 Å². The van der Waals surface area contributed by atoms with E-state index in [0.29, 0.717) is 11.1 Å². The molecule has 2 aromatic carbocycles. The number of esters is 1. The summed E-state index contributed by atoms with van der Waals surface area (Å²) in [6, 6.07) is 7.78. The third kappa shape index (κ3) is 4.08. The molecule has 0 unspecified atom stereocenters. The number of aromatic amines is 1. The Kier molecular flexibility index (Phi) is 5.47. The lowest BCUT2D eigenvalue weighted by atomic mass is 9.81. The molecule has 2 heterocycles. The molecule has 0 radical (unpaired) electrons. The van der Waals surface area contributed by atoms with Crippen molar-refractivity contribution in [1.29, 1.82) is 0 Å². The number of benzene rings is 2. The highest BCUT2D eigenvalue weighted by Crippen LogP contribution is 2.41. The maximum atomic E-state index is 13.8. The number of phenolic OH excluding ortho intramolecular Hbond substituents is 1. The third-order valence-corrected chi connectivity index (χ3v) is 5.57. The van der Waals surface area contributed by atoms with Crippen molar-refractivity contribution in [3.05, 3.63) is 71.1 Å². The summed E-state index contributed by atoms with van der Waals surface area (Å²) in [7, 11) is 0. The third-order valence-electron chi connectivity index (χ3n) is 5.57. The minimum absolute atomic E-state index is 0.0504. The highest BCUT2D eigenvalue weighted by molar-refractivity contribution is 6.18. The number of carbonyl (C=O) groups excluding carboxylic acids is 2. The molecule has 33 heavy (non-hydrogen) atoms. The SMILES string of the molecule is CC(C)OC(=O)C1=CN(C(=O)c2ccc(F)c(F)c2)CC(C)(C)c2c1[nH]c1ccc(O)cc21. The van der Waals surface area contributed by atoms with Crippen LogP contribution in [0.3, 0.4) is 0 Å². The van der Waals surface area contributed by atoms with E-state index in [-0.39, 0.29) is 23.4 Å². The Morgan fingerprint density at radius 3 is 2.52 bits per heavy atom. The van der Waals surface area contributed by atoms with Gasteiger partial charge in [0, 0.05) is 34.6 Å². The monoisotopic (exact) mass is 454 g/mol. The van der Waals surface area contributed by atoms with E-state index in [1.165, 1.54) is 17.2 Å². The number of halogens is 2. The van der Waals surface area contributed by atoms with Gasteiger partial charge in [0.15, 0.2) is 11.6 Å². The Morgan fingerprint density at radius 2 is 1.85 bits per heavy atom. The maximum Gasteiger partial charge on any atom is 0.342 e. The largest absolute Gasteiger partial charge is 0.508 e. The van der Waals surface area contributed by atoms with Gasteiger partial charge in [-0.05, 0) is 55.8 Å². The highest BCUT2D eigenvalue weighted by atomic mass is 19.2. The zero-order valence-corrected chi connectivity index (χ0v) is 18.7. The van der Waals surface area contributed by atoms with Gasteiger partial charge in [-0.2, -0.15) is 0 Å². The van der Waals surface area contributed by atoms with Crippen molar-refractivity contribution in [2.45, 2.75) is 39.2 Å². The van der Waals surface area contributed by atoms with Crippen molar-refractivity contribution >= 4 is 28.4 Å². The number of hydrogen-bond acceptors (Lipinski definition) is 4. The van der Waals surface area contributed by atoms with Crippen LogP contribution in [0.15, 0.2) is 42.6 Å². The summed E-state index contributed by atoms with van der Waals surface area (Å²) in [5, 5.41) is 10.8. The first-order valence-corrected chi connectivity index (χ1v) is 10.5. The smallest absolute Gasteiger partial charge is 0.342 e. The number of ether oxygens (including phenoxy) is 1. The van der Waals surface area contributed by atoms with Crippen LogP contribution >= 0.6 is 0 Å². The lowest BCUT2D eigenvalue weighted by molar-refractivity contribution is -0.140. The number of carbonyl (C=O) groups is 2. The average molecular weight is 454 g/mol. The van der Waals surface area contributed by atoms with Gasteiger partial charge in [-0.25, -0.2) is 13.6 Å². The lowest BCUT2D eigenvalue weighted by Crippen LogP contribution is -2.37. The Labute approximate surface area is 189 Å². The minimum Gasteiger partial charge on any atom is -0.508 e. The van der Waals surface area contributed by atoms with Crippen LogP contribution in [0, 0.1) is 11.6 Å². The van der Waals surface area contributed by atoms with Crippen LogP contribution in [0.1, 0.15) is 49.3 Å². The van der Waals surface area contributed by atoms with Crippen molar-refractivity contribution in [3.8, 4) is 5.75 Å². The topological polar surface area (TPSA) is 82.6 Å². The molecule has 0 spiro atoms. The molecule has 0 bridgehead atoms. The molecule has 0 fully saturated rings. The van der Waals surface area contributed by atoms with Crippen LogP contribution in [0.2, 0.25) is 0 Å². The number of phenols is 1. The first-order valence-electron chi connectivity index (χ1n) is 10.5. The fourth-order valence-electron chi connectivity index (χ4n) is 4.21. The molecule has 0 atom stereocenters. The van der Waals surface area contributed by atoms with E-state index >= 15 is 0 Å². The molecule has 0 saturated heterocycles. The molecule has 172 valence electrons. The van der Waals surface area contributed by atoms with Gasteiger partial charge in [-0.3, -0.25) is 4.79 Å². The van der Waals surface area contributed by atoms with Crippen molar-refractivity contribution < 1.29 is 28.2 Å². The van der Waals surface area contributed by atoms with Gasteiger partial charge in [0.1, 0.15) is 5.75 Å². The second-order valence-electron chi connectivity index (χ2n) is 9.05. The second-order valence-corrected chi connectivity index (χ2v) is 9.05. The maximum absolute atomic E-state index is 13.8. The summed E-state index contributed by atoms with van der Waals surface area (Å²) in [4.78, 5) is 30.9. The van der Waals surface area contributed by atoms with Crippen LogP contribution in [-0.4, -0.2) is 39.5 Å². The van der Waals surface area contributed by atoms with E-state index in [9.17, 15) is 23.5 Å². The van der Waals surface area contributed by atoms with E-state index in [0.717, 1.165) is 23.2 Å². The molecule has 1 amide bonds. The van der Waals surface area contributed by atoms with Crippen molar-refractivity contribution in [2.24, 2.45) is 0 Å². The summed E-state index contributed by atoms with van der Waals surface area (Å²) in [6.45, 7) is 7.37. The Balaban J connectivity index is 1.91. The Morgan fingerprint density at radius 1 is 1.12 bits per heavy atom. The number of amides is 1. The molecular weight excluding hydrogens is 430 g/mol. The number of nitrogens with zero attached hydrogens (tertiary/aromatic N) is 1. The molecule has 2 N–H and O–H groups in total. The first kappa shape index (κ1) is 22.5. The number of aromatic nitrogens is 1. The number of nitrogens with one attached hydrogen (secondary N) is 1. The number of rotatable bonds is 3. The molecule has 3 aromatic rings. The number of fused-ring (bicyclic) bond motifs is 3. The van der Waals surface area contributed by atoms with Crippen molar-refractivity contribution in [1.82, 2.24) is 9.88 Å². The summed E-state index contributed by atoms with van der Waals surface area (Å²) < 4.78 is 32.6. The summed E-state index contributed by atoms with van der Waals surface area (Å²) in [5.41, 5.74) is 1.31. The molecule has 1 aliphatic heterocycles. The predicted octanol–water partition coefficient (Wildman–Crippen LogP) is 4.88. The van der Waals surface area contributed by atoms with Crippen LogP contribution in [0.25, 0.3) is 16.5 Å². The fraction of sp³-hybridized carbons (Fsp3) is 0.280. The van der Waals surface area contributed by atoms with Gasteiger partial charge < -0.3 is 19.7 Å². The van der Waals surface area contributed by atoms with E-state index in [1.54, 1.807) is 32.0 Å². The second kappa shape index (κ2) is 8.03. The molecule has 8 heteroatoms. The zero-order chi connectivity index (χ0) is 24.1. The molecule has 4 rings (SSSR count). The molecule has 0 saturated carbocycles. The van der Waals surface area contributed by atoms with Gasteiger partial charge in [-0.15, -0.1) is 0 Å². The summed E-state index contributed by atoms with van der Waals surface area (Å²) >= 11 is 0. The van der Waals surface area contributed by atoms with E-state index < -0.39 is 35.0 Å². The van der Waals surface area contributed by atoms with Gasteiger partial charge in [-0.1, -0.05) is 13.8 Å². The van der Waals surface area contributed by atoms with Crippen molar-refractivity contribution in [3.63, 3.8) is 0 Å². The molecule has 0 aliphatic carbocycles. The summed E-state index contributed by atoms with van der Waals surface area (Å²) in [5.74, 6) is -3.35. The van der Waals surface area contributed by atoms with Crippen LogP contribution < -0.4 is 0 Å². The number of H-pyrrole nitrogens is 1. The molecule has 1 aliphatic rings. The number of hydrogen-bond donors (Lipinski definition) is 2. The number of aromatic hydroxyl groups is 1. The average Bonchev–Trinajstić information content (AvgIpc) is 3.05. The van der Waals surface area contributed by atoms with Crippen LogP contribution in [-0.2, 0) is 14.9 Å². The van der Waals surface area contributed by atoms with Gasteiger partial charge >= 0.3 is 5.97 Å². The molecular formula is C25H24F2N2O4. The van der Waals surface area contributed by atoms with E-state index in [2.05, 4.69) is 4.98 Å². The molecule has 1 aromatic heterocycles. The van der Waals surface area contributed by atoms with Gasteiger partial charge in [0.05, 0.1) is 17.4 Å². The molecule has 6 nitrogen and oxygen atoms in total. The van der Waals surface area contributed by atoms with Crippen LogP contribution in [0.5, 0.6) is 5.75 Å². The minimum atomic E-state index is -1.13. The Hall–Kier alpha value is -3.68. The summed E-state index contributed by atoms with van der Waals surface area (Å²) in [6.07, 6.45) is 0.985. The Bertz CT molecular complexity index is 1310.